The van der Waals surface area contributed by atoms with Gasteiger partial charge in [0.2, 0.25) is 0 Å². The van der Waals surface area contributed by atoms with Crippen LogP contribution in [0.25, 0.3) is 0 Å². The highest BCUT2D eigenvalue weighted by Crippen LogP contribution is 2.13. The number of likely N-dealkylation sites (N-methyl/N-ethyl adjacent to an activating group) is 1. The zero-order valence-corrected chi connectivity index (χ0v) is 11.5. The summed E-state index contributed by atoms with van der Waals surface area (Å²) in [7, 11) is 0. The molecule has 1 aliphatic heterocycles. The number of nitrogens with one attached hydrogen (secondary N) is 1. The zero-order chi connectivity index (χ0) is 12.5. The molecule has 0 radical (unpaired) electrons. The Bertz CT molecular complexity index is 212. The minimum atomic E-state index is 0.450. The third kappa shape index (κ3) is 6.20. The Morgan fingerprint density at radius 3 is 2.88 bits per heavy atom. The molecule has 17 heavy (non-hydrogen) atoms. The van der Waals surface area contributed by atoms with Gasteiger partial charge in [0, 0.05) is 26.2 Å². The van der Waals surface area contributed by atoms with Gasteiger partial charge in [0.1, 0.15) is 0 Å². The normalized spacial score (nSPS) is 20.1. The van der Waals surface area contributed by atoms with E-state index >= 15 is 0 Å². The molecule has 1 N–H and O–H groups in total. The van der Waals surface area contributed by atoms with Crippen molar-refractivity contribution in [3.8, 4) is 0 Å². The minimum Gasteiger partial charge on any atom is -0.377 e. The number of hydrogen-bond acceptors (Lipinski definition) is 3. The first kappa shape index (κ1) is 14.7. The third-order valence-corrected chi connectivity index (χ3v) is 3.18. The van der Waals surface area contributed by atoms with Crippen molar-refractivity contribution in [3.05, 3.63) is 12.2 Å². The van der Waals surface area contributed by atoms with Gasteiger partial charge in [-0.05, 0) is 37.9 Å². The fraction of sp³-hybridized carbons (Fsp3) is 0.857. The zero-order valence-electron chi connectivity index (χ0n) is 11.5. The fourth-order valence-corrected chi connectivity index (χ4v) is 2.20. The van der Waals surface area contributed by atoms with Crippen molar-refractivity contribution in [1.82, 2.24) is 10.2 Å². The highest BCUT2D eigenvalue weighted by Gasteiger charge is 2.18. The van der Waals surface area contributed by atoms with Gasteiger partial charge in [-0.2, -0.15) is 0 Å². The van der Waals surface area contributed by atoms with Crippen LogP contribution in [0, 0.1) is 0 Å². The molecule has 1 fully saturated rings. The van der Waals surface area contributed by atoms with Crippen LogP contribution in [0.2, 0.25) is 0 Å². The van der Waals surface area contributed by atoms with Gasteiger partial charge in [-0.1, -0.05) is 20.4 Å². The summed E-state index contributed by atoms with van der Waals surface area (Å²) >= 11 is 0. The van der Waals surface area contributed by atoms with Crippen molar-refractivity contribution in [2.75, 3.05) is 39.3 Å². The molecule has 1 heterocycles. The average molecular weight is 240 g/mol. The van der Waals surface area contributed by atoms with E-state index in [1.807, 2.05) is 0 Å². The van der Waals surface area contributed by atoms with E-state index in [1.54, 1.807) is 0 Å². The maximum Gasteiger partial charge on any atom is 0.0702 e. The Morgan fingerprint density at radius 1 is 1.47 bits per heavy atom. The van der Waals surface area contributed by atoms with Crippen LogP contribution in [-0.2, 0) is 4.74 Å². The van der Waals surface area contributed by atoms with E-state index in [-0.39, 0.29) is 0 Å². The molecule has 100 valence electrons. The van der Waals surface area contributed by atoms with Crippen molar-refractivity contribution in [1.29, 1.82) is 0 Å². The summed E-state index contributed by atoms with van der Waals surface area (Å²) in [5.74, 6) is 0. The van der Waals surface area contributed by atoms with Crippen LogP contribution in [0.1, 0.15) is 33.1 Å². The van der Waals surface area contributed by atoms with Crippen LogP contribution in [0.5, 0.6) is 0 Å². The molecule has 0 spiro atoms. The van der Waals surface area contributed by atoms with Crippen LogP contribution in [-0.4, -0.2) is 50.3 Å². The van der Waals surface area contributed by atoms with Crippen LogP contribution in [0.4, 0.5) is 0 Å². The van der Waals surface area contributed by atoms with Crippen LogP contribution in [0.3, 0.4) is 0 Å². The quantitative estimate of drug-likeness (QED) is 0.493. The SMILES string of the molecule is C=C(CNCCC)CN(CC)CC1CCCO1. The number of ether oxygens (including phenoxy) is 1. The van der Waals surface area contributed by atoms with E-state index in [0.717, 1.165) is 39.3 Å². The summed E-state index contributed by atoms with van der Waals surface area (Å²) in [6, 6.07) is 0. The molecular formula is C14H28N2O. The summed E-state index contributed by atoms with van der Waals surface area (Å²) in [4.78, 5) is 2.44. The molecule has 0 aliphatic carbocycles. The first-order valence-electron chi connectivity index (χ1n) is 6.97. The molecule has 0 bridgehead atoms. The van der Waals surface area contributed by atoms with Crippen molar-refractivity contribution in [3.63, 3.8) is 0 Å². The Labute approximate surface area is 106 Å². The lowest BCUT2D eigenvalue weighted by atomic mass is 10.2. The summed E-state index contributed by atoms with van der Waals surface area (Å²) in [6.45, 7) is 14.6. The molecule has 1 rings (SSSR count). The Morgan fingerprint density at radius 2 is 2.29 bits per heavy atom. The first-order valence-corrected chi connectivity index (χ1v) is 6.97. The summed E-state index contributed by atoms with van der Waals surface area (Å²) < 4.78 is 5.68. The topological polar surface area (TPSA) is 24.5 Å². The maximum absolute atomic E-state index is 5.68. The lowest BCUT2D eigenvalue weighted by molar-refractivity contribution is 0.0776. The van der Waals surface area contributed by atoms with Crippen molar-refractivity contribution in [2.45, 2.75) is 39.2 Å². The number of hydrogen-bond donors (Lipinski definition) is 1. The molecule has 0 aromatic rings. The average Bonchev–Trinajstić information content (AvgIpc) is 2.81. The Hall–Kier alpha value is -0.380. The number of nitrogens with zero attached hydrogens (tertiary/aromatic N) is 1. The molecule has 1 aliphatic rings. The lowest BCUT2D eigenvalue weighted by Gasteiger charge is -2.24. The summed E-state index contributed by atoms with van der Waals surface area (Å²) in [5.41, 5.74) is 1.28. The van der Waals surface area contributed by atoms with Gasteiger partial charge in [0.25, 0.3) is 0 Å². The smallest absolute Gasteiger partial charge is 0.0702 e. The number of rotatable bonds is 9. The van der Waals surface area contributed by atoms with Crippen LogP contribution < -0.4 is 5.32 Å². The van der Waals surface area contributed by atoms with E-state index in [4.69, 9.17) is 4.74 Å². The van der Waals surface area contributed by atoms with Gasteiger partial charge in [0.15, 0.2) is 0 Å². The molecule has 1 atom stereocenters. The summed E-state index contributed by atoms with van der Waals surface area (Å²) in [5, 5.41) is 3.40. The lowest BCUT2D eigenvalue weighted by Crippen LogP contribution is -2.35. The third-order valence-electron chi connectivity index (χ3n) is 3.18. The molecule has 3 heteroatoms. The second-order valence-electron chi connectivity index (χ2n) is 4.89. The summed E-state index contributed by atoms with van der Waals surface area (Å²) in [6.07, 6.45) is 4.07. The monoisotopic (exact) mass is 240 g/mol. The van der Waals surface area contributed by atoms with Gasteiger partial charge < -0.3 is 10.1 Å². The largest absolute Gasteiger partial charge is 0.377 e. The first-order chi connectivity index (χ1) is 8.26. The predicted octanol–water partition coefficient (Wildman–Crippen LogP) is 2.04. The maximum atomic E-state index is 5.68. The van der Waals surface area contributed by atoms with Crippen molar-refractivity contribution < 1.29 is 4.74 Å². The van der Waals surface area contributed by atoms with E-state index in [1.165, 1.54) is 24.8 Å². The van der Waals surface area contributed by atoms with Crippen molar-refractivity contribution in [2.24, 2.45) is 0 Å². The van der Waals surface area contributed by atoms with E-state index in [2.05, 4.69) is 30.6 Å². The molecule has 0 saturated carbocycles. The predicted molar refractivity (Wildman–Crippen MR) is 73.4 cm³/mol. The minimum absolute atomic E-state index is 0.450. The van der Waals surface area contributed by atoms with Gasteiger partial charge in [-0.15, -0.1) is 0 Å². The van der Waals surface area contributed by atoms with Crippen molar-refractivity contribution >= 4 is 0 Å². The van der Waals surface area contributed by atoms with E-state index in [9.17, 15) is 0 Å². The highest BCUT2D eigenvalue weighted by molar-refractivity contribution is 5.00. The highest BCUT2D eigenvalue weighted by atomic mass is 16.5. The van der Waals surface area contributed by atoms with E-state index in [0.29, 0.717) is 6.10 Å². The molecule has 0 aromatic heterocycles. The molecule has 3 nitrogen and oxygen atoms in total. The Kier molecular flexibility index (Phi) is 7.49. The van der Waals surface area contributed by atoms with Crippen LogP contribution in [0.15, 0.2) is 12.2 Å². The molecule has 0 amide bonds. The Balaban J connectivity index is 2.18. The molecule has 1 saturated heterocycles. The second-order valence-corrected chi connectivity index (χ2v) is 4.89. The standard InChI is InChI=1S/C14H28N2O/c1-4-8-15-10-13(3)11-16(5-2)12-14-7-6-9-17-14/h14-15H,3-12H2,1-2H3. The van der Waals surface area contributed by atoms with Gasteiger partial charge in [-0.25, -0.2) is 0 Å². The van der Waals surface area contributed by atoms with Crippen LogP contribution >= 0.6 is 0 Å². The van der Waals surface area contributed by atoms with Gasteiger partial charge >= 0.3 is 0 Å². The van der Waals surface area contributed by atoms with E-state index < -0.39 is 0 Å². The van der Waals surface area contributed by atoms with Gasteiger partial charge in [0.05, 0.1) is 6.10 Å². The molecular weight excluding hydrogens is 212 g/mol. The van der Waals surface area contributed by atoms with Gasteiger partial charge in [-0.3, -0.25) is 4.90 Å². The molecule has 0 aromatic carbocycles. The fourth-order valence-electron chi connectivity index (χ4n) is 2.20. The second kappa shape index (κ2) is 8.67. The molecule has 1 unspecified atom stereocenters.